The summed E-state index contributed by atoms with van der Waals surface area (Å²) >= 11 is 0. The van der Waals surface area contributed by atoms with E-state index in [2.05, 4.69) is 15.6 Å². The monoisotopic (exact) mass is 369 g/mol. The minimum Gasteiger partial charge on any atom is -0.376 e. The Morgan fingerprint density at radius 2 is 2.07 bits per heavy atom. The van der Waals surface area contributed by atoms with Crippen LogP contribution in [-0.2, 0) is 4.74 Å². The highest BCUT2D eigenvalue weighted by Crippen LogP contribution is 2.13. The quantitative estimate of drug-likeness (QED) is 0.636. The number of hydrogen-bond acceptors (Lipinski definition) is 3. The predicted molar refractivity (Wildman–Crippen MR) is 105 cm³/mol. The van der Waals surface area contributed by atoms with Crippen molar-refractivity contribution in [3.8, 4) is 0 Å². The van der Waals surface area contributed by atoms with Crippen LogP contribution in [0.2, 0.25) is 0 Å². The van der Waals surface area contributed by atoms with Gasteiger partial charge in [-0.3, -0.25) is 10.1 Å². The van der Waals surface area contributed by atoms with E-state index in [-0.39, 0.29) is 23.8 Å². The summed E-state index contributed by atoms with van der Waals surface area (Å²) in [7, 11) is 0. The van der Waals surface area contributed by atoms with Gasteiger partial charge in [0.25, 0.3) is 5.91 Å². The molecular weight excluding hydrogens is 345 g/mol. The Bertz CT molecular complexity index is 845. The molecule has 0 unspecified atom stereocenters. The van der Waals surface area contributed by atoms with Crippen LogP contribution in [0.5, 0.6) is 0 Å². The number of carbonyl (C=O) groups excluding carboxylic acids is 1. The van der Waals surface area contributed by atoms with Gasteiger partial charge in [0, 0.05) is 17.9 Å². The number of rotatable bonds is 4. The first-order chi connectivity index (χ1) is 13.0. The maximum atomic E-state index is 13.5. The summed E-state index contributed by atoms with van der Waals surface area (Å²) in [6.45, 7) is 5.13. The lowest BCUT2D eigenvalue weighted by atomic mass is 10.1. The van der Waals surface area contributed by atoms with Crippen molar-refractivity contribution in [1.29, 1.82) is 0 Å². The second-order valence-electron chi connectivity index (χ2n) is 6.71. The van der Waals surface area contributed by atoms with E-state index in [9.17, 15) is 9.18 Å². The second-order valence-corrected chi connectivity index (χ2v) is 6.71. The molecule has 0 spiro atoms. The number of aliphatic imine (C=N–C) groups is 1. The van der Waals surface area contributed by atoms with Gasteiger partial charge in [0.05, 0.1) is 12.6 Å². The van der Waals surface area contributed by atoms with Crippen LogP contribution in [0.3, 0.4) is 0 Å². The molecule has 3 rings (SSSR count). The minimum absolute atomic E-state index is 0.0489. The van der Waals surface area contributed by atoms with Gasteiger partial charge in [-0.25, -0.2) is 9.38 Å². The number of anilines is 1. The molecule has 2 aromatic rings. The van der Waals surface area contributed by atoms with Gasteiger partial charge < -0.3 is 10.1 Å². The summed E-state index contributed by atoms with van der Waals surface area (Å²) in [5.41, 5.74) is 3.22. The molecule has 1 amide bonds. The number of amides is 1. The van der Waals surface area contributed by atoms with Crippen LogP contribution in [0.1, 0.15) is 34.3 Å². The number of carbonyl (C=O) groups is 1. The van der Waals surface area contributed by atoms with Crippen molar-refractivity contribution in [2.75, 3.05) is 18.5 Å². The third-order valence-corrected chi connectivity index (χ3v) is 4.57. The average molecular weight is 369 g/mol. The Labute approximate surface area is 158 Å². The van der Waals surface area contributed by atoms with Crippen LogP contribution in [0.4, 0.5) is 10.1 Å². The van der Waals surface area contributed by atoms with Crippen molar-refractivity contribution in [3.05, 3.63) is 65.0 Å². The molecule has 0 bridgehead atoms. The van der Waals surface area contributed by atoms with Crippen LogP contribution < -0.4 is 10.6 Å². The van der Waals surface area contributed by atoms with Crippen LogP contribution in [0.15, 0.2) is 47.5 Å². The molecule has 2 aromatic carbocycles. The fourth-order valence-electron chi connectivity index (χ4n) is 2.86. The largest absolute Gasteiger partial charge is 0.376 e. The topological polar surface area (TPSA) is 62.7 Å². The van der Waals surface area contributed by atoms with Gasteiger partial charge in [-0.05, 0) is 68.1 Å². The Hall–Kier alpha value is -2.73. The molecule has 1 atom stereocenters. The predicted octanol–water partition coefficient (Wildman–Crippen LogP) is 3.82. The molecule has 0 aliphatic carbocycles. The molecule has 1 aliphatic heterocycles. The highest BCUT2D eigenvalue weighted by molar-refractivity contribution is 6.10. The average Bonchev–Trinajstić information content (AvgIpc) is 3.15. The van der Waals surface area contributed by atoms with E-state index < -0.39 is 0 Å². The van der Waals surface area contributed by atoms with Gasteiger partial charge in [0.15, 0.2) is 0 Å². The third kappa shape index (κ3) is 5.37. The summed E-state index contributed by atoms with van der Waals surface area (Å²) in [5.74, 6) is -0.355. The SMILES string of the molecule is Cc1ccc(C(=O)NC(=NC[C@@H]2CCCO2)Nc2cccc(F)c2)cc1C. The zero-order valence-corrected chi connectivity index (χ0v) is 15.6. The van der Waals surface area contributed by atoms with Crippen molar-refractivity contribution in [3.63, 3.8) is 0 Å². The fourth-order valence-corrected chi connectivity index (χ4v) is 2.86. The summed E-state index contributed by atoms with van der Waals surface area (Å²) < 4.78 is 19.1. The highest BCUT2D eigenvalue weighted by Gasteiger charge is 2.16. The molecule has 1 fully saturated rings. The molecule has 2 N–H and O–H groups in total. The van der Waals surface area contributed by atoms with E-state index >= 15 is 0 Å². The number of nitrogens with one attached hydrogen (secondary N) is 2. The lowest BCUT2D eigenvalue weighted by molar-refractivity contribution is 0.0975. The lowest BCUT2D eigenvalue weighted by Gasteiger charge is -2.14. The van der Waals surface area contributed by atoms with Gasteiger partial charge in [-0.1, -0.05) is 12.1 Å². The number of halogens is 1. The molecule has 5 nitrogen and oxygen atoms in total. The Balaban J connectivity index is 1.76. The molecule has 27 heavy (non-hydrogen) atoms. The van der Waals surface area contributed by atoms with E-state index in [0.717, 1.165) is 30.6 Å². The van der Waals surface area contributed by atoms with Gasteiger partial charge >= 0.3 is 0 Å². The van der Waals surface area contributed by atoms with E-state index in [1.54, 1.807) is 18.2 Å². The van der Waals surface area contributed by atoms with Crippen molar-refractivity contribution in [2.45, 2.75) is 32.8 Å². The van der Waals surface area contributed by atoms with Crippen molar-refractivity contribution in [2.24, 2.45) is 4.99 Å². The first-order valence-corrected chi connectivity index (χ1v) is 9.08. The normalized spacial score (nSPS) is 17.0. The second kappa shape index (κ2) is 8.77. The van der Waals surface area contributed by atoms with Crippen molar-refractivity contribution >= 4 is 17.6 Å². The standard InChI is InChI=1S/C21H24FN3O2/c1-14-8-9-16(11-15(14)2)20(26)25-21(23-13-19-7-4-10-27-19)24-18-6-3-5-17(22)12-18/h3,5-6,8-9,11-12,19H,4,7,10,13H2,1-2H3,(H2,23,24,25,26)/t19-/m0/s1. The molecule has 0 radical (unpaired) electrons. The zero-order chi connectivity index (χ0) is 19.2. The molecule has 6 heteroatoms. The number of ether oxygens (including phenoxy) is 1. The molecule has 1 aliphatic rings. The highest BCUT2D eigenvalue weighted by atomic mass is 19.1. The number of hydrogen-bond donors (Lipinski definition) is 2. The molecule has 1 saturated heterocycles. The van der Waals surface area contributed by atoms with Crippen LogP contribution in [0.25, 0.3) is 0 Å². The summed E-state index contributed by atoms with van der Waals surface area (Å²) in [5, 5.41) is 5.79. The maximum absolute atomic E-state index is 13.5. The van der Waals surface area contributed by atoms with Gasteiger partial charge in [-0.15, -0.1) is 0 Å². The zero-order valence-electron chi connectivity index (χ0n) is 15.6. The first kappa shape index (κ1) is 19.0. The summed E-state index contributed by atoms with van der Waals surface area (Å²) in [6, 6.07) is 11.6. The number of benzene rings is 2. The van der Waals surface area contributed by atoms with Crippen molar-refractivity contribution in [1.82, 2.24) is 5.32 Å². The molecule has 1 heterocycles. The Morgan fingerprint density at radius 1 is 1.22 bits per heavy atom. The van der Waals surface area contributed by atoms with Crippen LogP contribution in [-0.4, -0.2) is 31.1 Å². The summed E-state index contributed by atoms with van der Waals surface area (Å²) in [6.07, 6.45) is 2.01. The van der Waals surface area contributed by atoms with Crippen LogP contribution in [0, 0.1) is 19.7 Å². The van der Waals surface area contributed by atoms with Crippen LogP contribution >= 0.6 is 0 Å². The maximum Gasteiger partial charge on any atom is 0.257 e. The van der Waals surface area contributed by atoms with Gasteiger partial charge in [0.1, 0.15) is 5.82 Å². The molecule has 142 valence electrons. The Morgan fingerprint density at radius 3 is 2.78 bits per heavy atom. The minimum atomic E-state index is -0.362. The number of guanidine groups is 1. The van der Waals surface area contributed by atoms with E-state index in [0.29, 0.717) is 17.8 Å². The van der Waals surface area contributed by atoms with Gasteiger partial charge in [0.2, 0.25) is 5.96 Å². The fraction of sp³-hybridized carbons (Fsp3) is 0.333. The van der Waals surface area contributed by atoms with E-state index in [1.165, 1.54) is 12.1 Å². The Kier molecular flexibility index (Phi) is 6.19. The van der Waals surface area contributed by atoms with Crippen molar-refractivity contribution < 1.29 is 13.9 Å². The summed E-state index contributed by atoms with van der Waals surface area (Å²) in [4.78, 5) is 17.1. The number of aryl methyl sites for hydroxylation is 2. The number of nitrogens with zero attached hydrogens (tertiary/aromatic N) is 1. The lowest BCUT2D eigenvalue weighted by Crippen LogP contribution is -2.36. The smallest absolute Gasteiger partial charge is 0.257 e. The van der Waals surface area contributed by atoms with Gasteiger partial charge in [-0.2, -0.15) is 0 Å². The first-order valence-electron chi connectivity index (χ1n) is 9.08. The third-order valence-electron chi connectivity index (χ3n) is 4.57. The molecule has 0 aromatic heterocycles. The molecular formula is C21H24FN3O2. The van der Waals surface area contributed by atoms with E-state index in [4.69, 9.17) is 4.74 Å². The van der Waals surface area contributed by atoms with E-state index in [1.807, 2.05) is 26.0 Å². The molecule has 0 saturated carbocycles.